The van der Waals surface area contributed by atoms with Crippen molar-refractivity contribution in [3.63, 3.8) is 0 Å². The third-order valence-electron chi connectivity index (χ3n) is 3.64. The lowest BCUT2D eigenvalue weighted by atomic mass is 10.0. The molecule has 0 radical (unpaired) electrons. The Kier molecular flexibility index (Phi) is 4.24. The van der Waals surface area contributed by atoms with Crippen molar-refractivity contribution < 1.29 is 17.9 Å². The number of aryl methyl sites for hydroxylation is 1. The van der Waals surface area contributed by atoms with E-state index in [-0.39, 0.29) is 17.9 Å². The van der Waals surface area contributed by atoms with Gasteiger partial charge in [-0.05, 0) is 31.4 Å². The SMILES string of the molecule is Fc1cccc(F)c1CCc1nnc(C2CCCOC2)o1. The molecule has 2 aromatic rings. The third kappa shape index (κ3) is 3.26. The summed E-state index contributed by atoms with van der Waals surface area (Å²) in [6.45, 7) is 1.35. The van der Waals surface area contributed by atoms with Crippen molar-refractivity contribution in [1.82, 2.24) is 10.2 Å². The standard InChI is InChI=1S/C15H16F2N2O2/c16-12-4-1-5-13(17)11(12)6-7-14-18-19-15(21-14)10-3-2-8-20-9-10/h1,4-5,10H,2-3,6-9H2. The van der Waals surface area contributed by atoms with Gasteiger partial charge in [-0.15, -0.1) is 10.2 Å². The number of ether oxygens (including phenoxy) is 1. The summed E-state index contributed by atoms with van der Waals surface area (Å²) in [4.78, 5) is 0. The van der Waals surface area contributed by atoms with Gasteiger partial charge in [-0.1, -0.05) is 6.07 Å². The third-order valence-corrected chi connectivity index (χ3v) is 3.64. The highest BCUT2D eigenvalue weighted by atomic mass is 19.1. The second-order valence-corrected chi connectivity index (χ2v) is 5.15. The van der Waals surface area contributed by atoms with Crippen LogP contribution in [0, 0.1) is 11.6 Å². The molecule has 112 valence electrons. The van der Waals surface area contributed by atoms with E-state index in [9.17, 15) is 8.78 Å². The molecule has 1 aromatic heterocycles. The van der Waals surface area contributed by atoms with Crippen LogP contribution in [-0.2, 0) is 17.6 Å². The molecule has 21 heavy (non-hydrogen) atoms. The van der Waals surface area contributed by atoms with Crippen molar-refractivity contribution in [3.05, 3.63) is 47.2 Å². The van der Waals surface area contributed by atoms with E-state index in [4.69, 9.17) is 9.15 Å². The van der Waals surface area contributed by atoms with E-state index in [1.165, 1.54) is 18.2 Å². The zero-order valence-corrected chi connectivity index (χ0v) is 11.5. The molecular formula is C15H16F2N2O2. The molecule has 0 aliphatic carbocycles. The van der Waals surface area contributed by atoms with Gasteiger partial charge in [0.25, 0.3) is 0 Å². The Balaban J connectivity index is 1.64. The smallest absolute Gasteiger partial charge is 0.221 e. The lowest BCUT2D eigenvalue weighted by molar-refractivity contribution is 0.0721. The summed E-state index contributed by atoms with van der Waals surface area (Å²) in [5, 5.41) is 7.96. The molecule has 3 rings (SSSR count). The molecule has 1 unspecified atom stereocenters. The zero-order chi connectivity index (χ0) is 14.7. The molecule has 1 aliphatic rings. The topological polar surface area (TPSA) is 48.2 Å². The molecule has 0 amide bonds. The number of rotatable bonds is 4. The maximum atomic E-state index is 13.5. The maximum Gasteiger partial charge on any atom is 0.221 e. The largest absolute Gasteiger partial charge is 0.425 e. The molecule has 1 atom stereocenters. The van der Waals surface area contributed by atoms with E-state index in [0.29, 0.717) is 24.8 Å². The van der Waals surface area contributed by atoms with Gasteiger partial charge in [-0.25, -0.2) is 8.78 Å². The van der Waals surface area contributed by atoms with Crippen LogP contribution in [0.4, 0.5) is 8.78 Å². The molecule has 0 saturated carbocycles. The van der Waals surface area contributed by atoms with Crippen LogP contribution in [0.1, 0.15) is 36.1 Å². The predicted molar refractivity (Wildman–Crippen MR) is 70.9 cm³/mol. The van der Waals surface area contributed by atoms with E-state index >= 15 is 0 Å². The minimum atomic E-state index is -0.546. The second kappa shape index (κ2) is 6.30. The van der Waals surface area contributed by atoms with Crippen molar-refractivity contribution in [1.29, 1.82) is 0 Å². The molecule has 2 heterocycles. The van der Waals surface area contributed by atoms with Crippen LogP contribution < -0.4 is 0 Å². The van der Waals surface area contributed by atoms with Crippen molar-refractivity contribution in [2.45, 2.75) is 31.6 Å². The molecular weight excluding hydrogens is 278 g/mol. The number of hydrogen-bond donors (Lipinski definition) is 0. The second-order valence-electron chi connectivity index (χ2n) is 5.15. The van der Waals surface area contributed by atoms with Gasteiger partial charge in [-0.3, -0.25) is 0 Å². The van der Waals surface area contributed by atoms with Crippen LogP contribution in [0.25, 0.3) is 0 Å². The van der Waals surface area contributed by atoms with Gasteiger partial charge in [0.15, 0.2) is 0 Å². The minimum Gasteiger partial charge on any atom is -0.425 e. The number of hydrogen-bond acceptors (Lipinski definition) is 4. The molecule has 1 aliphatic heterocycles. The van der Waals surface area contributed by atoms with E-state index < -0.39 is 11.6 Å². The fourth-order valence-electron chi connectivity index (χ4n) is 2.47. The van der Waals surface area contributed by atoms with Crippen molar-refractivity contribution in [2.24, 2.45) is 0 Å². The van der Waals surface area contributed by atoms with E-state index in [1.807, 2.05) is 0 Å². The summed E-state index contributed by atoms with van der Waals surface area (Å²) >= 11 is 0. The van der Waals surface area contributed by atoms with E-state index in [2.05, 4.69) is 10.2 Å². The number of benzene rings is 1. The first kappa shape index (κ1) is 14.1. The van der Waals surface area contributed by atoms with Gasteiger partial charge in [-0.2, -0.15) is 0 Å². The summed E-state index contributed by atoms with van der Waals surface area (Å²) in [7, 11) is 0. The number of nitrogens with zero attached hydrogens (tertiary/aromatic N) is 2. The summed E-state index contributed by atoms with van der Waals surface area (Å²) in [6, 6.07) is 3.84. The van der Waals surface area contributed by atoms with Crippen LogP contribution >= 0.6 is 0 Å². The molecule has 0 N–H and O–H groups in total. The van der Waals surface area contributed by atoms with E-state index in [1.54, 1.807) is 0 Å². The summed E-state index contributed by atoms with van der Waals surface area (Å²) in [5.74, 6) is -0.00651. The maximum absolute atomic E-state index is 13.5. The molecule has 1 saturated heterocycles. The minimum absolute atomic E-state index is 0.0539. The number of halogens is 2. The fraction of sp³-hybridized carbons (Fsp3) is 0.467. The first-order chi connectivity index (χ1) is 10.2. The molecule has 6 heteroatoms. The molecule has 1 aromatic carbocycles. The van der Waals surface area contributed by atoms with E-state index in [0.717, 1.165) is 19.4 Å². The van der Waals surface area contributed by atoms with Gasteiger partial charge >= 0.3 is 0 Å². The summed E-state index contributed by atoms with van der Waals surface area (Å²) in [6.07, 6.45) is 2.45. The Morgan fingerprint density at radius 1 is 1.14 bits per heavy atom. The summed E-state index contributed by atoms with van der Waals surface area (Å²) < 4.78 is 38.0. The average Bonchev–Trinajstić information content (AvgIpc) is 2.97. The Bertz CT molecular complexity index is 589. The lowest BCUT2D eigenvalue weighted by Crippen LogP contribution is -2.15. The Labute approximate surface area is 121 Å². The van der Waals surface area contributed by atoms with Gasteiger partial charge in [0.05, 0.1) is 12.5 Å². The predicted octanol–water partition coefficient (Wildman–Crippen LogP) is 3.03. The van der Waals surface area contributed by atoms with Gasteiger partial charge in [0.2, 0.25) is 11.8 Å². The first-order valence-corrected chi connectivity index (χ1v) is 7.07. The Morgan fingerprint density at radius 2 is 1.95 bits per heavy atom. The van der Waals surface area contributed by atoms with Gasteiger partial charge in [0, 0.05) is 18.6 Å². The lowest BCUT2D eigenvalue weighted by Gasteiger charge is -2.18. The average molecular weight is 294 g/mol. The molecule has 4 nitrogen and oxygen atoms in total. The first-order valence-electron chi connectivity index (χ1n) is 7.07. The van der Waals surface area contributed by atoms with Crippen molar-refractivity contribution >= 4 is 0 Å². The summed E-state index contributed by atoms with van der Waals surface area (Å²) in [5.41, 5.74) is 0.0539. The van der Waals surface area contributed by atoms with Crippen LogP contribution in [0.2, 0.25) is 0 Å². The van der Waals surface area contributed by atoms with Crippen molar-refractivity contribution in [3.8, 4) is 0 Å². The monoisotopic (exact) mass is 294 g/mol. The Morgan fingerprint density at radius 3 is 2.67 bits per heavy atom. The van der Waals surface area contributed by atoms with Crippen molar-refractivity contribution in [2.75, 3.05) is 13.2 Å². The highest BCUT2D eigenvalue weighted by molar-refractivity contribution is 5.20. The Hall–Kier alpha value is -1.82. The molecule has 0 bridgehead atoms. The highest BCUT2D eigenvalue weighted by Gasteiger charge is 2.22. The van der Waals surface area contributed by atoms with Gasteiger partial charge in [0.1, 0.15) is 11.6 Å². The van der Waals surface area contributed by atoms with Crippen LogP contribution in [0.3, 0.4) is 0 Å². The van der Waals surface area contributed by atoms with Crippen LogP contribution in [-0.4, -0.2) is 23.4 Å². The molecule has 1 fully saturated rings. The van der Waals surface area contributed by atoms with Crippen LogP contribution in [0.15, 0.2) is 22.6 Å². The normalized spacial score (nSPS) is 18.9. The zero-order valence-electron chi connectivity index (χ0n) is 11.5. The quantitative estimate of drug-likeness (QED) is 0.869. The van der Waals surface area contributed by atoms with Gasteiger partial charge < -0.3 is 9.15 Å². The molecule has 0 spiro atoms. The number of aromatic nitrogens is 2. The highest BCUT2D eigenvalue weighted by Crippen LogP contribution is 2.24. The van der Waals surface area contributed by atoms with Crippen LogP contribution in [0.5, 0.6) is 0 Å². The fourth-order valence-corrected chi connectivity index (χ4v) is 2.47.